The van der Waals surface area contributed by atoms with E-state index in [0.717, 1.165) is 13.0 Å². The largest absolute Gasteiger partial charge is 1.00 e. The summed E-state index contributed by atoms with van der Waals surface area (Å²) in [7, 11) is 0. The van der Waals surface area contributed by atoms with Crippen LogP contribution >= 0.6 is 0 Å². The number of carbonyl (C=O) groups excluding carboxylic acids is 1. The molecule has 0 atom stereocenters. The first-order valence-corrected chi connectivity index (χ1v) is 9.52. The lowest BCUT2D eigenvalue weighted by Gasteiger charge is -2.01. The highest BCUT2D eigenvalue weighted by atomic mass is 35.5. The van der Waals surface area contributed by atoms with Gasteiger partial charge in [-0.15, -0.1) is 0 Å². The monoisotopic (exact) mass is 346 g/mol. The molecule has 138 valence electrons. The van der Waals surface area contributed by atoms with Crippen LogP contribution in [-0.4, -0.2) is 12.6 Å². The molecule has 0 rings (SSSR count). The van der Waals surface area contributed by atoms with Crippen molar-refractivity contribution in [3.63, 3.8) is 0 Å². The summed E-state index contributed by atoms with van der Waals surface area (Å²) in [6.45, 7) is 3.05. The van der Waals surface area contributed by atoms with Crippen LogP contribution in [0.5, 0.6) is 0 Å². The summed E-state index contributed by atoms with van der Waals surface area (Å²) in [4.78, 5) is 10.6. The van der Waals surface area contributed by atoms with E-state index in [-0.39, 0.29) is 18.4 Å². The maximum absolute atomic E-state index is 10.6. The van der Waals surface area contributed by atoms with Gasteiger partial charge < -0.3 is 17.7 Å². The van der Waals surface area contributed by atoms with Crippen LogP contribution in [0, 0.1) is 0 Å². The van der Waals surface area contributed by atoms with Crippen molar-refractivity contribution in [3.8, 4) is 0 Å². The normalized spacial score (nSPS) is 10.7. The minimum absolute atomic E-state index is 0. The molecule has 0 aromatic heterocycles. The Morgan fingerprint density at radius 2 is 1.22 bits per heavy atom. The molecular weight excluding hydrogens is 308 g/mol. The third-order valence-corrected chi connectivity index (χ3v) is 4.01. The summed E-state index contributed by atoms with van der Waals surface area (Å²) >= 11 is 0. The van der Waals surface area contributed by atoms with Crippen LogP contribution in [0.3, 0.4) is 0 Å². The molecule has 4 heteroatoms. The fourth-order valence-corrected chi connectivity index (χ4v) is 2.60. The molecule has 0 aliphatic heterocycles. The fourth-order valence-electron chi connectivity index (χ4n) is 2.60. The Morgan fingerprint density at radius 3 is 1.70 bits per heavy atom. The van der Waals surface area contributed by atoms with Crippen molar-refractivity contribution < 1.29 is 22.9 Å². The van der Waals surface area contributed by atoms with Gasteiger partial charge >= 0.3 is 6.03 Å². The van der Waals surface area contributed by atoms with Gasteiger partial charge in [-0.05, 0) is 32.1 Å². The van der Waals surface area contributed by atoms with Gasteiger partial charge in [0.1, 0.15) is 0 Å². The Morgan fingerprint density at radius 1 is 0.783 bits per heavy atom. The summed E-state index contributed by atoms with van der Waals surface area (Å²) in [5.41, 5.74) is 3.29. The molecule has 3 nitrogen and oxygen atoms in total. The number of urea groups is 1. The molecule has 0 unspecified atom stereocenters. The van der Waals surface area contributed by atoms with E-state index >= 15 is 0 Å². The highest BCUT2D eigenvalue weighted by Gasteiger charge is 1.95. The van der Waals surface area contributed by atoms with Crippen LogP contribution in [0.4, 0.5) is 4.79 Å². The standard InChI is InChI=1S/C19H38N2O.ClH/c1-2-3-4-5-6-7-8-9-10-11-12-13-14-15-16-17-18-21-19(20)22;/h9-10H,2-8,11-18H2,1H3,(H3,20,21,22);1H/b10-9-;. The van der Waals surface area contributed by atoms with E-state index in [9.17, 15) is 4.79 Å². The van der Waals surface area contributed by atoms with E-state index in [4.69, 9.17) is 0 Å². The smallest absolute Gasteiger partial charge is 0.411 e. The van der Waals surface area contributed by atoms with Gasteiger partial charge in [0.15, 0.2) is 0 Å². The molecule has 23 heavy (non-hydrogen) atoms. The lowest BCUT2D eigenvalue weighted by molar-refractivity contribution is -0.250. The molecule has 0 aliphatic rings. The van der Waals surface area contributed by atoms with Crippen LogP contribution in [0.2, 0.25) is 0 Å². The van der Waals surface area contributed by atoms with Crippen molar-refractivity contribution in [1.82, 2.24) is 5.32 Å². The molecule has 0 aliphatic carbocycles. The maximum Gasteiger partial charge on any atom is 0.411 e. The average molecular weight is 347 g/mol. The molecule has 2 amide bonds. The van der Waals surface area contributed by atoms with Crippen LogP contribution < -0.4 is 23.5 Å². The van der Waals surface area contributed by atoms with Gasteiger partial charge in [0.05, 0.1) is 0 Å². The topological polar surface area (TPSA) is 56.7 Å². The number of quaternary nitrogens is 1. The first-order chi connectivity index (χ1) is 10.8. The van der Waals surface area contributed by atoms with Crippen LogP contribution in [-0.2, 0) is 0 Å². The number of nitrogens with one attached hydrogen (secondary N) is 1. The number of allylic oxidation sites excluding steroid dienone is 2. The Kier molecular flexibility index (Phi) is 23.1. The van der Waals surface area contributed by atoms with E-state index in [2.05, 4.69) is 30.1 Å². The molecule has 0 fully saturated rings. The zero-order valence-corrected chi connectivity index (χ0v) is 16.0. The van der Waals surface area contributed by atoms with E-state index < -0.39 is 0 Å². The third-order valence-electron chi connectivity index (χ3n) is 4.01. The zero-order chi connectivity index (χ0) is 16.3. The SMILES string of the molecule is CCCCCCCC/C=C\CCCCCCCCNC([NH3+])=O.[Cl-]. The second-order valence-corrected chi connectivity index (χ2v) is 6.29. The Bertz CT molecular complexity index is 270. The minimum Gasteiger partial charge on any atom is -1.00 e. The van der Waals surface area contributed by atoms with E-state index in [1.165, 1.54) is 83.5 Å². The number of halogens is 1. The number of rotatable bonds is 16. The summed E-state index contributed by atoms with van der Waals surface area (Å²) in [5.74, 6) is 0. The highest BCUT2D eigenvalue weighted by molar-refractivity contribution is 5.61. The van der Waals surface area contributed by atoms with Crippen LogP contribution in [0.15, 0.2) is 12.2 Å². The molecule has 0 saturated carbocycles. The number of carbonyl (C=O) groups is 1. The van der Waals surface area contributed by atoms with Crippen molar-refractivity contribution in [3.05, 3.63) is 12.2 Å². The van der Waals surface area contributed by atoms with E-state index in [1.54, 1.807) is 0 Å². The van der Waals surface area contributed by atoms with Gasteiger partial charge in [-0.3, -0.25) is 5.73 Å². The molecular formula is C19H39ClN2O. The van der Waals surface area contributed by atoms with Crippen LogP contribution in [0.1, 0.15) is 96.8 Å². The van der Waals surface area contributed by atoms with Crippen molar-refractivity contribution >= 4 is 6.03 Å². The predicted octanol–water partition coefficient (Wildman–Crippen LogP) is 1.98. The lowest BCUT2D eigenvalue weighted by atomic mass is 10.1. The lowest BCUT2D eigenvalue weighted by Crippen LogP contribution is -3.00. The highest BCUT2D eigenvalue weighted by Crippen LogP contribution is 2.09. The molecule has 4 N–H and O–H groups in total. The van der Waals surface area contributed by atoms with Gasteiger partial charge in [0, 0.05) is 6.54 Å². The van der Waals surface area contributed by atoms with Crippen LogP contribution in [0.25, 0.3) is 0 Å². The summed E-state index contributed by atoms with van der Waals surface area (Å²) in [6, 6.07) is -0.159. The third kappa shape index (κ3) is 23.8. The summed E-state index contributed by atoms with van der Waals surface area (Å²) in [6.07, 6.45) is 23.2. The Labute approximate surface area is 150 Å². The first kappa shape index (κ1) is 24.7. The molecule has 0 saturated heterocycles. The van der Waals surface area contributed by atoms with Gasteiger partial charge in [-0.2, -0.15) is 0 Å². The van der Waals surface area contributed by atoms with E-state index in [0.29, 0.717) is 0 Å². The van der Waals surface area contributed by atoms with Gasteiger partial charge in [0.25, 0.3) is 0 Å². The second-order valence-electron chi connectivity index (χ2n) is 6.29. The fraction of sp³-hybridized carbons (Fsp3) is 0.842. The molecule has 0 spiro atoms. The molecule has 0 heterocycles. The number of unbranched alkanes of at least 4 members (excludes halogenated alkanes) is 12. The van der Waals surface area contributed by atoms with Crippen molar-refractivity contribution in [2.45, 2.75) is 96.8 Å². The Balaban J connectivity index is 0. The van der Waals surface area contributed by atoms with Crippen molar-refractivity contribution in [1.29, 1.82) is 0 Å². The summed E-state index contributed by atoms with van der Waals surface area (Å²) in [5, 5.41) is 2.74. The first-order valence-electron chi connectivity index (χ1n) is 9.52. The number of amides is 2. The molecule has 0 aromatic carbocycles. The van der Waals surface area contributed by atoms with E-state index in [1.807, 2.05) is 0 Å². The minimum atomic E-state index is -0.159. The average Bonchev–Trinajstić information content (AvgIpc) is 2.50. The zero-order valence-electron chi connectivity index (χ0n) is 15.3. The molecule has 0 aromatic rings. The van der Waals surface area contributed by atoms with Crippen molar-refractivity contribution in [2.24, 2.45) is 0 Å². The van der Waals surface area contributed by atoms with Crippen molar-refractivity contribution in [2.75, 3.05) is 6.54 Å². The Hall–Kier alpha value is -0.540. The molecule has 0 radical (unpaired) electrons. The quantitative estimate of drug-likeness (QED) is 0.326. The van der Waals surface area contributed by atoms with Gasteiger partial charge in [-0.1, -0.05) is 76.9 Å². The molecule has 0 bridgehead atoms. The number of hydrogen-bond donors (Lipinski definition) is 2. The van der Waals surface area contributed by atoms with Gasteiger partial charge in [0.2, 0.25) is 0 Å². The number of hydrogen-bond acceptors (Lipinski definition) is 1. The second kappa shape index (κ2) is 21.5. The predicted molar refractivity (Wildman–Crippen MR) is 95.7 cm³/mol. The maximum atomic E-state index is 10.6. The summed E-state index contributed by atoms with van der Waals surface area (Å²) < 4.78 is 0. The van der Waals surface area contributed by atoms with Gasteiger partial charge in [-0.25, -0.2) is 4.79 Å².